The summed E-state index contributed by atoms with van der Waals surface area (Å²) < 4.78 is 0. The molecule has 0 saturated carbocycles. The molecule has 28 heavy (non-hydrogen) atoms. The van der Waals surface area contributed by atoms with Crippen LogP contribution in [0.1, 0.15) is 11.1 Å². The lowest BCUT2D eigenvalue weighted by atomic mass is 10.1. The summed E-state index contributed by atoms with van der Waals surface area (Å²) in [6.07, 6.45) is 1.82. The molecule has 5 heteroatoms. The van der Waals surface area contributed by atoms with Crippen LogP contribution in [0.3, 0.4) is 0 Å². The van der Waals surface area contributed by atoms with E-state index in [4.69, 9.17) is 9.97 Å². The first-order valence-electron chi connectivity index (χ1n) is 9.22. The van der Waals surface area contributed by atoms with Gasteiger partial charge in [-0.05, 0) is 55.3 Å². The van der Waals surface area contributed by atoms with E-state index < -0.39 is 0 Å². The van der Waals surface area contributed by atoms with E-state index in [2.05, 4.69) is 65.8 Å². The van der Waals surface area contributed by atoms with Gasteiger partial charge in [-0.15, -0.1) is 0 Å². The number of hydrogen-bond donors (Lipinski definition) is 2. The summed E-state index contributed by atoms with van der Waals surface area (Å²) in [7, 11) is 0. The Kier molecular flexibility index (Phi) is 3.79. The molecule has 0 aliphatic heterocycles. The number of aromatic nitrogens is 4. The van der Waals surface area contributed by atoms with Crippen molar-refractivity contribution in [3.8, 4) is 11.4 Å². The molecule has 0 saturated heterocycles. The maximum absolute atomic E-state index is 4.88. The normalized spacial score (nSPS) is 11.2. The summed E-state index contributed by atoms with van der Waals surface area (Å²) >= 11 is 0. The van der Waals surface area contributed by atoms with Crippen LogP contribution in [0.25, 0.3) is 33.2 Å². The van der Waals surface area contributed by atoms with Gasteiger partial charge in [-0.25, -0.2) is 9.97 Å². The average molecular weight is 365 g/mol. The number of rotatable bonds is 3. The van der Waals surface area contributed by atoms with Crippen molar-refractivity contribution in [2.75, 3.05) is 5.32 Å². The van der Waals surface area contributed by atoms with Gasteiger partial charge in [0.2, 0.25) is 0 Å². The molecule has 0 atom stereocenters. The van der Waals surface area contributed by atoms with E-state index in [1.165, 1.54) is 5.56 Å². The molecule has 2 aromatic heterocycles. The van der Waals surface area contributed by atoms with Crippen LogP contribution in [-0.4, -0.2) is 20.2 Å². The lowest BCUT2D eigenvalue weighted by molar-refractivity contribution is 1.12. The second-order valence-corrected chi connectivity index (χ2v) is 7.03. The van der Waals surface area contributed by atoms with E-state index in [0.29, 0.717) is 0 Å². The standard InChI is InChI=1S/C23H19N5/c1-14-7-9-19-21(11-14)26-22(18-6-4-3-5-15(18)2)27-23(19)25-17-8-10-20-16(12-17)13-24-28-20/h3-13H,1-2H3,(H,24,28)(H,25,26,27). The quantitative estimate of drug-likeness (QED) is 0.441. The fourth-order valence-corrected chi connectivity index (χ4v) is 3.44. The molecule has 0 bridgehead atoms. The Morgan fingerprint density at radius 1 is 0.893 bits per heavy atom. The summed E-state index contributed by atoms with van der Waals surface area (Å²) in [6, 6.07) is 20.6. The van der Waals surface area contributed by atoms with Gasteiger partial charge in [0, 0.05) is 22.0 Å². The number of nitrogens with zero attached hydrogens (tertiary/aromatic N) is 3. The Balaban J connectivity index is 1.68. The monoisotopic (exact) mass is 365 g/mol. The maximum Gasteiger partial charge on any atom is 0.162 e. The molecule has 0 unspecified atom stereocenters. The van der Waals surface area contributed by atoms with Gasteiger partial charge < -0.3 is 5.32 Å². The molecular formula is C23H19N5. The van der Waals surface area contributed by atoms with E-state index in [1.807, 2.05) is 30.5 Å². The molecule has 2 N–H and O–H groups in total. The van der Waals surface area contributed by atoms with Crippen LogP contribution < -0.4 is 5.32 Å². The second kappa shape index (κ2) is 6.46. The largest absolute Gasteiger partial charge is 0.340 e. The molecule has 0 spiro atoms. The highest BCUT2D eigenvalue weighted by Gasteiger charge is 2.12. The summed E-state index contributed by atoms with van der Waals surface area (Å²) in [5.74, 6) is 1.52. The van der Waals surface area contributed by atoms with Gasteiger partial charge in [0.25, 0.3) is 0 Å². The minimum Gasteiger partial charge on any atom is -0.340 e. The van der Waals surface area contributed by atoms with E-state index in [9.17, 15) is 0 Å². The number of H-pyrrole nitrogens is 1. The predicted octanol–water partition coefficient (Wildman–Crippen LogP) is 5.53. The highest BCUT2D eigenvalue weighted by molar-refractivity contribution is 5.93. The zero-order valence-corrected chi connectivity index (χ0v) is 15.7. The molecule has 0 aliphatic carbocycles. The first-order valence-corrected chi connectivity index (χ1v) is 9.22. The Morgan fingerprint density at radius 3 is 2.68 bits per heavy atom. The van der Waals surface area contributed by atoms with Crippen LogP contribution in [0.2, 0.25) is 0 Å². The Hall–Kier alpha value is -3.73. The topological polar surface area (TPSA) is 66.5 Å². The molecule has 5 rings (SSSR count). The van der Waals surface area contributed by atoms with Gasteiger partial charge in [-0.2, -0.15) is 5.10 Å². The number of aromatic amines is 1. The molecular weight excluding hydrogens is 346 g/mol. The van der Waals surface area contributed by atoms with Crippen LogP contribution in [0.15, 0.2) is 66.9 Å². The maximum atomic E-state index is 4.88. The molecule has 0 aliphatic rings. The second-order valence-electron chi connectivity index (χ2n) is 7.03. The number of aryl methyl sites for hydroxylation is 2. The van der Waals surface area contributed by atoms with E-state index in [-0.39, 0.29) is 0 Å². The van der Waals surface area contributed by atoms with Crippen LogP contribution in [0.4, 0.5) is 11.5 Å². The number of fused-ring (bicyclic) bond motifs is 2. The van der Waals surface area contributed by atoms with Crippen molar-refractivity contribution in [2.45, 2.75) is 13.8 Å². The smallest absolute Gasteiger partial charge is 0.162 e. The molecule has 2 heterocycles. The average Bonchev–Trinajstić information content (AvgIpc) is 3.16. The number of anilines is 2. The SMILES string of the molecule is Cc1ccc2c(Nc3ccc4[nH]ncc4c3)nc(-c3ccccc3C)nc2c1. The van der Waals surface area contributed by atoms with E-state index in [1.54, 1.807) is 0 Å². The van der Waals surface area contributed by atoms with Crippen LogP contribution in [0, 0.1) is 13.8 Å². The fraction of sp³-hybridized carbons (Fsp3) is 0.0870. The Morgan fingerprint density at radius 2 is 1.79 bits per heavy atom. The zero-order valence-electron chi connectivity index (χ0n) is 15.7. The summed E-state index contributed by atoms with van der Waals surface area (Å²) in [6.45, 7) is 4.16. The molecule has 136 valence electrons. The molecule has 3 aromatic carbocycles. The van der Waals surface area contributed by atoms with Crippen molar-refractivity contribution in [3.05, 3.63) is 78.0 Å². The number of hydrogen-bond acceptors (Lipinski definition) is 4. The van der Waals surface area contributed by atoms with Gasteiger partial charge in [0.05, 0.1) is 17.2 Å². The summed E-state index contributed by atoms with van der Waals surface area (Å²) in [4.78, 5) is 9.72. The Labute approximate surface area is 162 Å². The van der Waals surface area contributed by atoms with Crippen molar-refractivity contribution in [1.82, 2.24) is 20.2 Å². The lowest BCUT2D eigenvalue weighted by Gasteiger charge is -2.13. The van der Waals surface area contributed by atoms with Gasteiger partial charge in [0.15, 0.2) is 5.82 Å². The van der Waals surface area contributed by atoms with Crippen LogP contribution in [0.5, 0.6) is 0 Å². The van der Waals surface area contributed by atoms with Gasteiger partial charge >= 0.3 is 0 Å². The van der Waals surface area contributed by atoms with E-state index in [0.717, 1.165) is 50.3 Å². The fourth-order valence-electron chi connectivity index (χ4n) is 3.44. The van der Waals surface area contributed by atoms with Crippen LogP contribution in [-0.2, 0) is 0 Å². The third-order valence-electron chi connectivity index (χ3n) is 4.94. The van der Waals surface area contributed by atoms with Crippen molar-refractivity contribution >= 4 is 33.3 Å². The molecule has 0 fully saturated rings. The summed E-state index contributed by atoms with van der Waals surface area (Å²) in [5.41, 5.74) is 6.27. The van der Waals surface area contributed by atoms with Gasteiger partial charge in [-0.3, -0.25) is 5.10 Å². The summed E-state index contributed by atoms with van der Waals surface area (Å²) in [5, 5.41) is 12.6. The number of benzene rings is 3. The predicted molar refractivity (Wildman–Crippen MR) is 114 cm³/mol. The van der Waals surface area contributed by atoms with Crippen molar-refractivity contribution < 1.29 is 0 Å². The minimum atomic E-state index is 0.725. The Bertz CT molecular complexity index is 1320. The van der Waals surface area contributed by atoms with Crippen molar-refractivity contribution in [2.24, 2.45) is 0 Å². The molecule has 5 aromatic rings. The minimum absolute atomic E-state index is 0.725. The molecule has 5 nitrogen and oxygen atoms in total. The number of nitrogens with one attached hydrogen (secondary N) is 2. The first kappa shape index (κ1) is 16.4. The highest BCUT2D eigenvalue weighted by Crippen LogP contribution is 2.30. The first-order chi connectivity index (χ1) is 13.7. The van der Waals surface area contributed by atoms with E-state index >= 15 is 0 Å². The molecule has 0 amide bonds. The zero-order chi connectivity index (χ0) is 19.1. The van der Waals surface area contributed by atoms with Crippen molar-refractivity contribution in [3.63, 3.8) is 0 Å². The van der Waals surface area contributed by atoms with Crippen molar-refractivity contribution in [1.29, 1.82) is 0 Å². The van der Waals surface area contributed by atoms with Crippen LogP contribution >= 0.6 is 0 Å². The van der Waals surface area contributed by atoms with Gasteiger partial charge in [0.1, 0.15) is 5.82 Å². The third-order valence-corrected chi connectivity index (χ3v) is 4.94. The lowest BCUT2D eigenvalue weighted by Crippen LogP contribution is -2.00. The third kappa shape index (κ3) is 2.87. The molecule has 0 radical (unpaired) electrons. The van der Waals surface area contributed by atoms with Gasteiger partial charge in [-0.1, -0.05) is 30.3 Å². The highest BCUT2D eigenvalue weighted by atomic mass is 15.1.